The van der Waals surface area contributed by atoms with E-state index in [0.717, 1.165) is 15.4 Å². The van der Waals surface area contributed by atoms with Crippen LogP contribution in [0.15, 0.2) is 62.4 Å². The van der Waals surface area contributed by atoms with Crippen molar-refractivity contribution in [2.75, 3.05) is 0 Å². The molecule has 0 fully saturated rings. The van der Waals surface area contributed by atoms with Crippen LogP contribution in [-0.2, 0) is 0 Å². The number of benzene rings is 2. The van der Waals surface area contributed by atoms with Gasteiger partial charge in [0.2, 0.25) is 0 Å². The fraction of sp³-hybridized carbons (Fsp3) is 0.250. The molecule has 0 saturated heterocycles. The Balaban J connectivity index is 2.23. The van der Waals surface area contributed by atoms with Crippen molar-refractivity contribution in [1.82, 2.24) is 0 Å². The normalized spacial score (nSPS) is 14.0. The maximum atomic E-state index is 6.32. The summed E-state index contributed by atoms with van der Waals surface area (Å²) in [4.78, 5) is 1.24. The Morgan fingerprint density at radius 3 is 1.95 bits per heavy atom. The molecule has 2 aromatic rings. The van der Waals surface area contributed by atoms with E-state index in [1.807, 2.05) is 11.8 Å². The van der Waals surface area contributed by atoms with Crippen LogP contribution in [0.5, 0.6) is 0 Å². The Kier molecular flexibility index (Phi) is 6.15. The van der Waals surface area contributed by atoms with Crippen molar-refractivity contribution in [2.24, 2.45) is 5.73 Å². The molecular formula is C16H17Br2NS. The predicted octanol–water partition coefficient (Wildman–Crippen LogP) is 5.78. The number of halogens is 2. The second-order valence-electron chi connectivity index (χ2n) is 4.62. The second kappa shape index (κ2) is 7.64. The first-order valence-corrected chi connectivity index (χ1v) is 9.00. The third-order valence-corrected chi connectivity index (χ3v) is 5.61. The van der Waals surface area contributed by atoms with E-state index in [0.29, 0.717) is 0 Å². The third kappa shape index (κ3) is 4.35. The van der Waals surface area contributed by atoms with E-state index in [9.17, 15) is 0 Å². The number of rotatable bonds is 5. The summed E-state index contributed by atoms with van der Waals surface area (Å²) in [5, 5.41) is 0.272. The monoisotopic (exact) mass is 413 g/mol. The minimum absolute atomic E-state index is 0.143. The number of hydrogen-bond acceptors (Lipinski definition) is 2. The molecule has 0 aliphatic carbocycles. The summed E-state index contributed by atoms with van der Waals surface area (Å²) in [5.74, 6) is 0. The zero-order valence-corrected chi connectivity index (χ0v) is 15.2. The fourth-order valence-electron chi connectivity index (χ4n) is 1.93. The molecular weight excluding hydrogens is 398 g/mol. The van der Waals surface area contributed by atoms with Gasteiger partial charge in [-0.15, -0.1) is 11.8 Å². The first-order valence-electron chi connectivity index (χ1n) is 6.53. The van der Waals surface area contributed by atoms with Gasteiger partial charge in [0.15, 0.2) is 0 Å². The third-order valence-electron chi connectivity index (χ3n) is 3.14. The molecule has 2 rings (SSSR count). The molecule has 106 valence electrons. The first-order chi connectivity index (χ1) is 9.60. The molecule has 2 atom stereocenters. The lowest BCUT2D eigenvalue weighted by Crippen LogP contribution is -2.25. The molecule has 20 heavy (non-hydrogen) atoms. The van der Waals surface area contributed by atoms with Gasteiger partial charge in [0.25, 0.3) is 0 Å². The van der Waals surface area contributed by atoms with Crippen molar-refractivity contribution >= 4 is 43.6 Å². The van der Waals surface area contributed by atoms with Crippen LogP contribution in [0.4, 0.5) is 0 Å². The maximum absolute atomic E-state index is 6.32. The minimum Gasteiger partial charge on any atom is -0.326 e. The van der Waals surface area contributed by atoms with Crippen molar-refractivity contribution in [3.8, 4) is 0 Å². The highest BCUT2D eigenvalue weighted by Crippen LogP contribution is 2.38. The van der Waals surface area contributed by atoms with E-state index in [1.54, 1.807) is 0 Å². The van der Waals surface area contributed by atoms with Gasteiger partial charge in [-0.1, -0.05) is 50.9 Å². The molecule has 2 unspecified atom stereocenters. The van der Waals surface area contributed by atoms with Crippen LogP contribution in [-0.4, -0.2) is 6.04 Å². The highest BCUT2D eigenvalue weighted by molar-refractivity contribution is 9.10. The Morgan fingerprint density at radius 1 is 0.950 bits per heavy atom. The Bertz CT molecular complexity index is 539. The minimum atomic E-state index is 0.143. The van der Waals surface area contributed by atoms with E-state index in [-0.39, 0.29) is 11.3 Å². The lowest BCUT2D eigenvalue weighted by molar-refractivity contribution is 0.634. The molecule has 2 N–H and O–H groups in total. The van der Waals surface area contributed by atoms with Gasteiger partial charge in [-0.25, -0.2) is 0 Å². The summed E-state index contributed by atoms with van der Waals surface area (Å²) < 4.78 is 2.19. The Labute approximate surface area is 141 Å². The van der Waals surface area contributed by atoms with E-state index in [1.165, 1.54) is 10.5 Å². The van der Waals surface area contributed by atoms with E-state index in [2.05, 4.69) is 87.3 Å². The summed E-state index contributed by atoms with van der Waals surface area (Å²) in [5.41, 5.74) is 7.60. The van der Waals surface area contributed by atoms with Crippen molar-refractivity contribution in [1.29, 1.82) is 0 Å². The van der Waals surface area contributed by atoms with E-state index >= 15 is 0 Å². The van der Waals surface area contributed by atoms with E-state index in [4.69, 9.17) is 5.73 Å². The van der Waals surface area contributed by atoms with Crippen LogP contribution in [0.2, 0.25) is 0 Å². The van der Waals surface area contributed by atoms with Crippen LogP contribution in [0.3, 0.4) is 0 Å². The summed E-state index contributed by atoms with van der Waals surface area (Å²) >= 11 is 8.78. The van der Waals surface area contributed by atoms with Gasteiger partial charge >= 0.3 is 0 Å². The zero-order valence-electron chi connectivity index (χ0n) is 11.2. The molecule has 0 aliphatic heterocycles. The Hall–Kier alpha value is -0.290. The molecule has 0 aliphatic rings. The number of nitrogens with two attached hydrogens (primary N) is 1. The average molecular weight is 415 g/mol. The summed E-state index contributed by atoms with van der Waals surface area (Å²) in [7, 11) is 0. The molecule has 4 heteroatoms. The summed E-state index contributed by atoms with van der Waals surface area (Å²) in [6.07, 6.45) is 0.963. The number of hydrogen-bond donors (Lipinski definition) is 1. The summed E-state index contributed by atoms with van der Waals surface area (Å²) in [6, 6.07) is 17.0. The van der Waals surface area contributed by atoms with Crippen LogP contribution in [0.25, 0.3) is 0 Å². The molecule has 2 aromatic carbocycles. The van der Waals surface area contributed by atoms with E-state index < -0.39 is 0 Å². The quantitative estimate of drug-likeness (QED) is 0.627. The van der Waals surface area contributed by atoms with Crippen molar-refractivity contribution < 1.29 is 0 Å². The van der Waals surface area contributed by atoms with Gasteiger partial charge in [-0.05, 0) is 48.4 Å². The lowest BCUT2D eigenvalue weighted by Gasteiger charge is -2.23. The Morgan fingerprint density at radius 2 is 1.45 bits per heavy atom. The zero-order chi connectivity index (χ0) is 14.5. The van der Waals surface area contributed by atoms with Gasteiger partial charge in [-0.2, -0.15) is 0 Å². The van der Waals surface area contributed by atoms with Crippen LogP contribution in [0.1, 0.15) is 24.2 Å². The van der Waals surface area contributed by atoms with Gasteiger partial charge in [-0.3, -0.25) is 0 Å². The molecule has 0 aromatic heterocycles. The lowest BCUT2D eigenvalue weighted by atomic mass is 10.0. The fourth-order valence-corrected chi connectivity index (χ4v) is 3.70. The molecule has 0 saturated carbocycles. The molecule has 0 radical (unpaired) electrons. The van der Waals surface area contributed by atoms with Crippen LogP contribution in [0, 0.1) is 0 Å². The smallest absolute Gasteiger partial charge is 0.0495 e. The molecule has 0 heterocycles. The van der Waals surface area contributed by atoms with Gasteiger partial charge in [0.05, 0.1) is 0 Å². The average Bonchev–Trinajstić information content (AvgIpc) is 2.47. The van der Waals surface area contributed by atoms with Crippen molar-refractivity contribution in [3.05, 3.63) is 63.0 Å². The topological polar surface area (TPSA) is 26.0 Å². The van der Waals surface area contributed by atoms with Crippen LogP contribution >= 0.6 is 43.6 Å². The molecule has 1 nitrogen and oxygen atoms in total. The molecule has 0 bridgehead atoms. The highest BCUT2D eigenvalue weighted by atomic mass is 79.9. The standard InChI is InChI=1S/C16H17Br2NS/c1-2-15(19)16(11-3-5-12(17)6-4-11)20-14-9-7-13(18)8-10-14/h3-10,15-16H,2,19H2,1H3. The first kappa shape index (κ1) is 16.1. The van der Waals surface area contributed by atoms with Crippen LogP contribution < -0.4 is 5.73 Å². The molecule has 0 spiro atoms. The van der Waals surface area contributed by atoms with Gasteiger partial charge in [0.1, 0.15) is 0 Å². The highest BCUT2D eigenvalue weighted by Gasteiger charge is 2.19. The van der Waals surface area contributed by atoms with Crippen molar-refractivity contribution in [3.63, 3.8) is 0 Å². The predicted molar refractivity (Wildman–Crippen MR) is 95.1 cm³/mol. The largest absolute Gasteiger partial charge is 0.326 e. The number of thioether (sulfide) groups is 1. The second-order valence-corrected chi connectivity index (χ2v) is 7.66. The SMILES string of the molecule is CCC(N)C(Sc1ccc(Br)cc1)c1ccc(Br)cc1. The van der Waals surface area contributed by atoms with Gasteiger partial charge in [0, 0.05) is 25.1 Å². The molecule has 0 amide bonds. The van der Waals surface area contributed by atoms with Crippen molar-refractivity contribution in [2.45, 2.75) is 29.5 Å². The maximum Gasteiger partial charge on any atom is 0.0495 e. The summed E-state index contributed by atoms with van der Waals surface area (Å²) in [6.45, 7) is 2.14. The van der Waals surface area contributed by atoms with Gasteiger partial charge < -0.3 is 5.73 Å².